The number of likely N-dealkylation sites (N-methyl/N-ethyl adjacent to an activating group) is 1. The van der Waals surface area contributed by atoms with Crippen molar-refractivity contribution in [1.82, 2.24) is 0 Å². The van der Waals surface area contributed by atoms with Gasteiger partial charge in [-0.3, -0.25) is 9.05 Å². The molecule has 0 saturated carbocycles. The van der Waals surface area contributed by atoms with E-state index in [0.29, 0.717) is 16.8 Å². The molecule has 0 aromatic carbocycles. The maximum Gasteiger partial charge on any atom is 0.472 e. The molecule has 0 heterocycles. The van der Waals surface area contributed by atoms with E-state index < -0.39 is 19.9 Å². The monoisotopic (exact) mass is 584 g/mol. The van der Waals surface area contributed by atoms with Crippen LogP contribution in [0, 0.1) is 0 Å². The number of thioether (sulfide) groups is 1. The Balaban J connectivity index is 4.01. The summed E-state index contributed by atoms with van der Waals surface area (Å²) in [7, 11) is 1.74. The number of phosphoric acid groups is 1. The molecule has 1 N–H and O–H groups in total. The molecule has 228 valence electrons. The summed E-state index contributed by atoms with van der Waals surface area (Å²) < 4.78 is 33.6. The molecular formula is C28H59NO7PS+. The second-order valence-corrected chi connectivity index (χ2v) is 13.6. The van der Waals surface area contributed by atoms with Crippen molar-refractivity contribution in [3.8, 4) is 0 Å². The normalized spacial score (nSPS) is 14.4. The van der Waals surface area contributed by atoms with Gasteiger partial charge in [0.2, 0.25) is 0 Å². The highest BCUT2D eigenvalue weighted by Gasteiger charge is 2.25. The molecule has 0 spiro atoms. The molecule has 0 aliphatic heterocycles. The summed E-state index contributed by atoms with van der Waals surface area (Å²) in [5.74, 6) is 1.09. The fraction of sp³-hybridized carbons (Fsp3) is 0.964. The summed E-state index contributed by atoms with van der Waals surface area (Å²) in [6.07, 6.45) is 18.2. The summed E-state index contributed by atoms with van der Waals surface area (Å²) in [5, 5.41) is 0. The third-order valence-corrected chi connectivity index (χ3v) is 8.30. The first kappa shape index (κ1) is 37.9. The molecule has 0 bridgehead atoms. The van der Waals surface area contributed by atoms with Crippen LogP contribution < -0.4 is 0 Å². The van der Waals surface area contributed by atoms with Crippen molar-refractivity contribution in [3.05, 3.63) is 0 Å². The van der Waals surface area contributed by atoms with Crippen LogP contribution in [0.15, 0.2) is 0 Å². The van der Waals surface area contributed by atoms with Gasteiger partial charge in [0, 0.05) is 5.75 Å². The highest BCUT2D eigenvalue weighted by molar-refractivity contribution is 7.99. The number of hydrogen-bond acceptors (Lipinski definition) is 7. The lowest BCUT2D eigenvalue weighted by atomic mass is 10.0. The van der Waals surface area contributed by atoms with E-state index in [1.165, 1.54) is 83.5 Å². The molecule has 0 rings (SSSR count). The largest absolute Gasteiger partial charge is 0.472 e. The minimum atomic E-state index is -4.18. The maximum absolute atomic E-state index is 12.2. The first-order chi connectivity index (χ1) is 18.1. The molecule has 0 radical (unpaired) electrons. The number of ether oxygens (including phenoxy) is 2. The zero-order valence-electron chi connectivity index (χ0n) is 25.1. The number of carbonyl (C=O) groups excluding carboxylic acids is 1. The van der Waals surface area contributed by atoms with Crippen LogP contribution in [0.1, 0.15) is 104 Å². The minimum absolute atomic E-state index is 0.111. The van der Waals surface area contributed by atoms with Crippen molar-refractivity contribution in [2.24, 2.45) is 0 Å². The van der Waals surface area contributed by atoms with Crippen molar-refractivity contribution >= 4 is 25.6 Å². The van der Waals surface area contributed by atoms with Gasteiger partial charge in [0.1, 0.15) is 19.8 Å². The first-order valence-electron chi connectivity index (χ1n) is 14.9. The topological polar surface area (TPSA) is 91.3 Å². The number of nitrogens with zero attached hydrogens (tertiary/aromatic N) is 1. The lowest BCUT2D eigenvalue weighted by Crippen LogP contribution is -2.37. The van der Waals surface area contributed by atoms with Gasteiger partial charge in [0.25, 0.3) is 0 Å². The average molecular weight is 585 g/mol. The summed E-state index contributed by atoms with van der Waals surface area (Å²) in [5.41, 5.74) is 0. The zero-order valence-corrected chi connectivity index (χ0v) is 26.8. The van der Waals surface area contributed by atoms with E-state index in [2.05, 4.69) is 6.92 Å². The standard InChI is InChI=1S/C28H58NO7PS/c1-6-8-9-10-11-12-13-14-15-16-17-18-19-20-23-38-26-27(34-25-28(30)33-7-2)24-36-37(31,32)35-22-21-29(3,4)5/h27H,6-26H2,1-5H3/p+1. The van der Waals surface area contributed by atoms with E-state index in [9.17, 15) is 14.3 Å². The van der Waals surface area contributed by atoms with Gasteiger partial charge >= 0.3 is 13.8 Å². The number of quaternary nitrogens is 1. The van der Waals surface area contributed by atoms with Gasteiger partial charge in [-0.25, -0.2) is 9.36 Å². The van der Waals surface area contributed by atoms with Crippen LogP contribution in [0.5, 0.6) is 0 Å². The van der Waals surface area contributed by atoms with Crippen molar-refractivity contribution < 1.29 is 37.3 Å². The third kappa shape index (κ3) is 27.4. The van der Waals surface area contributed by atoms with Crippen molar-refractivity contribution in [2.45, 2.75) is 110 Å². The molecule has 0 fully saturated rings. The lowest BCUT2D eigenvalue weighted by Gasteiger charge is -2.24. The molecule has 2 atom stereocenters. The van der Waals surface area contributed by atoms with Crippen LogP contribution in [0.3, 0.4) is 0 Å². The lowest BCUT2D eigenvalue weighted by molar-refractivity contribution is -0.870. The molecule has 0 amide bonds. The van der Waals surface area contributed by atoms with E-state index >= 15 is 0 Å². The number of phosphoric ester groups is 1. The Bertz CT molecular complexity index is 604. The molecule has 0 aromatic heterocycles. The van der Waals surface area contributed by atoms with Crippen LogP contribution >= 0.6 is 19.6 Å². The Morgan fingerprint density at radius 3 is 1.87 bits per heavy atom. The van der Waals surface area contributed by atoms with Gasteiger partial charge in [0.05, 0.1) is 40.5 Å². The fourth-order valence-corrected chi connectivity index (χ4v) is 5.56. The number of rotatable bonds is 28. The minimum Gasteiger partial charge on any atom is -0.464 e. The van der Waals surface area contributed by atoms with Gasteiger partial charge < -0.3 is 18.9 Å². The van der Waals surface area contributed by atoms with Crippen molar-refractivity contribution in [1.29, 1.82) is 0 Å². The Morgan fingerprint density at radius 2 is 1.37 bits per heavy atom. The molecular weight excluding hydrogens is 525 g/mol. The van der Waals surface area contributed by atoms with Gasteiger partial charge in [-0.1, -0.05) is 90.4 Å². The van der Waals surface area contributed by atoms with E-state index in [0.717, 1.165) is 12.2 Å². The molecule has 0 aliphatic carbocycles. The Morgan fingerprint density at radius 1 is 0.842 bits per heavy atom. The SMILES string of the molecule is CCCCCCCCCCCCCCCCSCC(COP(=O)(O)OCC[N+](C)(C)C)OCC(=O)OCC. The molecule has 0 aliphatic rings. The molecule has 38 heavy (non-hydrogen) atoms. The van der Waals surface area contributed by atoms with Crippen molar-refractivity contribution in [2.75, 3.05) is 65.6 Å². The number of hydrogen-bond donors (Lipinski definition) is 1. The Hall–Kier alpha value is -0.150. The zero-order chi connectivity index (χ0) is 28.5. The Labute approximate surface area is 238 Å². The van der Waals surface area contributed by atoms with Gasteiger partial charge in [-0.05, 0) is 19.1 Å². The molecule has 0 saturated heterocycles. The van der Waals surface area contributed by atoms with E-state index in [-0.39, 0.29) is 26.4 Å². The maximum atomic E-state index is 12.2. The van der Waals surface area contributed by atoms with Crippen LogP contribution in [0.4, 0.5) is 0 Å². The number of esters is 1. The van der Waals surface area contributed by atoms with Crippen LogP contribution in [0.2, 0.25) is 0 Å². The molecule has 2 unspecified atom stereocenters. The van der Waals surface area contributed by atoms with E-state index in [1.807, 2.05) is 21.1 Å². The predicted molar refractivity (Wildman–Crippen MR) is 159 cm³/mol. The highest BCUT2D eigenvalue weighted by Crippen LogP contribution is 2.43. The average Bonchev–Trinajstić information content (AvgIpc) is 2.84. The molecule has 0 aromatic rings. The predicted octanol–water partition coefficient (Wildman–Crippen LogP) is 6.99. The van der Waals surface area contributed by atoms with Gasteiger partial charge in [-0.15, -0.1) is 0 Å². The van der Waals surface area contributed by atoms with Crippen molar-refractivity contribution in [3.63, 3.8) is 0 Å². The highest BCUT2D eigenvalue weighted by atomic mass is 32.2. The number of unbranched alkanes of at least 4 members (excludes halogenated alkanes) is 13. The summed E-state index contributed by atoms with van der Waals surface area (Å²) in [4.78, 5) is 21.7. The smallest absolute Gasteiger partial charge is 0.464 e. The summed E-state index contributed by atoms with van der Waals surface area (Å²) in [6, 6.07) is 0. The first-order valence-corrected chi connectivity index (χ1v) is 17.5. The second-order valence-electron chi connectivity index (χ2n) is 11.0. The molecule has 8 nitrogen and oxygen atoms in total. The second kappa shape index (κ2) is 24.6. The number of carbonyl (C=O) groups is 1. The van der Waals surface area contributed by atoms with Gasteiger partial charge in [0.15, 0.2) is 0 Å². The quantitative estimate of drug-likeness (QED) is 0.0455. The van der Waals surface area contributed by atoms with Gasteiger partial charge in [-0.2, -0.15) is 11.8 Å². The summed E-state index contributed by atoms with van der Waals surface area (Å²) in [6.45, 7) is 4.64. The fourth-order valence-electron chi connectivity index (χ4n) is 3.79. The van der Waals surface area contributed by atoms with Crippen LogP contribution in [-0.2, 0) is 27.9 Å². The summed E-state index contributed by atoms with van der Waals surface area (Å²) >= 11 is 1.71. The van der Waals surface area contributed by atoms with Crippen LogP contribution in [-0.4, -0.2) is 87.1 Å². The van der Waals surface area contributed by atoms with E-state index in [4.69, 9.17) is 18.5 Å². The van der Waals surface area contributed by atoms with Crippen LogP contribution in [0.25, 0.3) is 0 Å². The Kier molecular flexibility index (Phi) is 24.5. The van der Waals surface area contributed by atoms with E-state index in [1.54, 1.807) is 18.7 Å². The third-order valence-electron chi connectivity index (χ3n) is 6.13. The molecule has 10 heteroatoms.